The second-order valence-electron chi connectivity index (χ2n) is 7.29. The molecule has 1 aliphatic heterocycles. The van der Waals surface area contributed by atoms with Crippen LogP contribution in [0.1, 0.15) is 53.5 Å². The van der Waals surface area contributed by atoms with Crippen LogP contribution in [0.15, 0.2) is 41.5 Å². The van der Waals surface area contributed by atoms with E-state index in [1.165, 1.54) is 5.01 Å². The van der Waals surface area contributed by atoms with Crippen LogP contribution in [0.25, 0.3) is 0 Å². The third-order valence-electron chi connectivity index (χ3n) is 5.29. The Morgan fingerprint density at radius 3 is 2.50 bits per heavy atom. The number of hydrogen-bond donors (Lipinski definition) is 0. The fraction of sp³-hybridized carbons (Fsp3) is 0.391. The highest BCUT2D eigenvalue weighted by Crippen LogP contribution is 2.17. The van der Waals surface area contributed by atoms with E-state index in [9.17, 15) is 14.4 Å². The number of ketones is 1. The van der Waals surface area contributed by atoms with Gasteiger partial charge in [-0.25, -0.2) is 5.01 Å². The molecule has 0 spiro atoms. The first-order valence-corrected chi connectivity index (χ1v) is 10.2. The predicted molar refractivity (Wildman–Crippen MR) is 113 cm³/mol. The highest BCUT2D eigenvalue weighted by molar-refractivity contribution is 6.02. The van der Waals surface area contributed by atoms with Gasteiger partial charge in [0.05, 0.1) is 18.7 Å². The van der Waals surface area contributed by atoms with E-state index in [-0.39, 0.29) is 31.1 Å². The molecule has 0 atom stereocenters. The van der Waals surface area contributed by atoms with Crippen LogP contribution in [0.3, 0.4) is 0 Å². The molecule has 7 heteroatoms. The van der Waals surface area contributed by atoms with Crippen molar-refractivity contribution in [2.24, 2.45) is 5.10 Å². The van der Waals surface area contributed by atoms with Crippen molar-refractivity contribution in [2.75, 3.05) is 13.2 Å². The first kappa shape index (κ1) is 21.5. The van der Waals surface area contributed by atoms with E-state index >= 15 is 0 Å². The number of hydrazone groups is 1. The molecule has 0 fully saturated rings. The largest absolute Gasteiger partial charge is 0.457 e. The van der Waals surface area contributed by atoms with Gasteiger partial charge in [-0.1, -0.05) is 30.3 Å². The molecular formula is C23H27N3O4. The van der Waals surface area contributed by atoms with Crippen LogP contribution in [0, 0.1) is 13.8 Å². The van der Waals surface area contributed by atoms with E-state index < -0.39 is 5.97 Å². The third-order valence-corrected chi connectivity index (χ3v) is 5.29. The van der Waals surface area contributed by atoms with Gasteiger partial charge in [0, 0.05) is 36.3 Å². The molecule has 0 N–H and O–H groups in total. The molecule has 2 aromatic rings. The lowest BCUT2D eigenvalue weighted by Crippen LogP contribution is -2.24. The number of carbonyl (C=O) groups is 3. The number of amides is 1. The lowest BCUT2D eigenvalue weighted by Gasteiger charge is -2.11. The van der Waals surface area contributed by atoms with Crippen molar-refractivity contribution < 1.29 is 19.1 Å². The summed E-state index contributed by atoms with van der Waals surface area (Å²) >= 11 is 0. The zero-order chi connectivity index (χ0) is 21.7. The molecule has 2 heterocycles. The highest BCUT2D eigenvalue weighted by atomic mass is 16.5. The molecule has 1 amide bonds. The Labute approximate surface area is 176 Å². The number of aryl methyl sites for hydroxylation is 1. The van der Waals surface area contributed by atoms with E-state index in [1.807, 2.05) is 61.7 Å². The molecule has 3 rings (SSSR count). The number of Topliss-reactive ketones (excluding diaryl/α,β-unsaturated/α-hetero) is 1. The van der Waals surface area contributed by atoms with Gasteiger partial charge in [0.15, 0.2) is 6.61 Å². The Morgan fingerprint density at radius 1 is 1.10 bits per heavy atom. The zero-order valence-corrected chi connectivity index (χ0v) is 17.7. The number of esters is 1. The summed E-state index contributed by atoms with van der Waals surface area (Å²) in [5.74, 6) is -1.03. The Bertz CT molecular complexity index is 976. The Kier molecular flexibility index (Phi) is 6.82. The van der Waals surface area contributed by atoms with Crippen molar-refractivity contribution in [1.29, 1.82) is 0 Å². The molecular weight excluding hydrogens is 382 g/mol. The van der Waals surface area contributed by atoms with Gasteiger partial charge in [0.2, 0.25) is 11.7 Å². The minimum absolute atomic E-state index is 0.00292. The lowest BCUT2D eigenvalue weighted by atomic mass is 10.1. The minimum atomic E-state index is -0.563. The van der Waals surface area contributed by atoms with Crippen molar-refractivity contribution in [3.63, 3.8) is 0 Å². The Morgan fingerprint density at radius 2 is 1.83 bits per heavy atom. The summed E-state index contributed by atoms with van der Waals surface area (Å²) in [6.07, 6.45) is 0.612. The van der Waals surface area contributed by atoms with Gasteiger partial charge >= 0.3 is 5.97 Å². The van der Waals surface area contributed by atoms with Gasteiger partial charge in [-0.3, -0.25) is 14.4 Å². The van der Waals surface area contributed by atoms with Gasteiger partial charge in [0.25, 0.3) is 0 Å². The number of carbonyl (C=O) groups excluding carboxylic acids is 3. The summed E-state index contributed by atoms with van der Waals surface area (Å²) < 4.78 is 7.13. The molecule has 158 valence electrons. The van der Waals surface area contributed by atoms with Crippen LogP contribution in [0.4, 0.5) is 0 Å². The van der Waals surface area contributed by atoms with Crippen LogP contribution >= 0.6 is 0 Å². The number of hydrogen-bond acceptors (Lipinski definition) is 5. The summed E-state index contributed by atoms with van der Waals surface area (Å²) in [7, 11) is 0. The topological polar surface area (TPSA) is 81.0 Å². The molecule has 0 aliphatic carbocycles. The van der Waals surface area contributed by atoms with Crippen molar-refractivity contribution in [3.05, 3.63) is 58.9 Å². The summed E-state index contributed by atoms with van der Waals surface area (Å²) in [4.78, 5) is 36.7. The normalized spacial score (nSPS) is 13.3. The average Bonchev–Trinajstić information content (AvgIpc) is 3.35. The average molecular weight is 409 g/mol. The van der Waals surface area contributed by atoms with Gasteiger partial charge < -0.3 is 9.30 Å². The molecule has 0 bridgehead atoms. The Balaban J connectivity index is 1.46. The monoisotopic (exact) mass is 409 g/mol. The maximum absolute atomic E-state index is 12.4. The summed E-state index contributed by atoms with van der Waals surface area (Å²) in [5.41, 5.74) is 4.29. The maximum Gasteiger partial charge on any atom is 0.306 e. The fourth-order valence-corrected chi connectivity index (χ4v) is 3.67. The minimum Gasteiger partial charge on any atom is -0.457 e. The Hall–Kier alpha value is -3.22. The van der Waals surface area contributed by atoms with Crippen LogP contribution in [-0.4, -0.2) is 46.1 Å². The van der Waals surface area contributed by atoms with Gasteiger partial charge in [-0.15, -0.1) is 0 Å². The molecule has 1 aromatic carbocycles. The molecule has 1 aliphatic rings. The van der Waals surface area contributed by atoms with E-state index in [0.29, 0.717) is 18.5 Å². The lowest BCUT2D eigenvalue weighted by molar-refractivity contribution is -0.145. The first-order valence-electron chi connectivity index (χ1n) is 10.2. The van der Waals surface area contributed by atoms with E-state index in [4.69, 9.17) is 4.74 Å². The van der Waals surface area contributed by atoms with Crippen molar-refractivity contribution in [2.45, 2.75) is 46.6 Å². The summed E-state index contributed by atoms with van der Waals surface area (Å²) in [6, 6.07) is 11.5. The maximum atomic E-state index is 12.4. The molecule has 1 aromatic heterocycles. The van der Waals surface area contributed by atoms with Crippen LogP contribution in [0.2, 0.25) is 0 Å². The quantitative estimate of drug-likeness (QED) is 0.495. The van der Waals surface area contributed by atoms with Gasteiger partial charge in [0.1, 0.15) is 0 Å². The molecule has 7 nitrogen and oxygen atoms in total. The van der Waals surface area contributed by atoms with Crippen LogP contribution in [0.5, 0.6) is 0 Å². The fourth-order valence-electron chi connectivity index (χ4n) is 3.67. The number of benzene rings is 1. The van der Waals surface area contributed by atoms with Crippen molar-refractivity contribution in [3.8, 4) is 0 Å². The summed E-state index contributed by atoms with van der Waals surface area (Å²) in [6.45, 7) is 6.79. The zero-order valence-electron chi connectivity index (χ0n) is 17.7. The number of aromatic nitrogens is 1. The van der Waals surface area contributed by atoms with Crippen LogP contribution in [-0.2, 0) is 20.9 Å². The smallest absolute Gasteiger partial charge is 0.306 e. The second-order valence-corrected chi connectivity index (χ2v) is 7.29. The number of rotatable bonds is 8. The van der Waals surface area contributed by atoms with Crippen molar-refractivity contribution in [1.82, 2.24) is 9.58 Å². The van der Waals surface area contributed by atoms with Gasteiger partial charge in [-0.2, -0.15) is 5.10 Å². The molecule has 30 heavy (non-hydrogen) atoms. The van der Waals surface area contributed by atoms with E-state index in [2.05, 4.69) is 5.10 Å². The molecule has 0 saturated carbocycles. The predicted octanol–water partition coefficient (Wildman–Crippen LogP) is 3.27. The summed E-state index contributed by atoms with van der Waals surface area (Å²) in [5, 5.41) is 5.77. The third kappa shape index (κ3) is 4.84. The van der Waals surface area contributed by atoms with Gasteiger partial charge in [-0.05, 0) is 32.4 Å². The van der Waals surface area contributed by atoms with E-state index in [0.717, 1.165) is 29.2 Å². The molecule has 0 radical (unpaired) electrons. The number of nitrogens with zero attached hydrogens (tertiary/aromatic N) is 3. The number of ether oxygens (including phenoxy) is 1. The highest BCUT2D eigenvalue weighted by Gasteiger charge is 2.22. The van der Waals surface area contributed by atoms with E-state index in [1.54, 1.807) is 0 Å². The molecule has 0 unspecified atom stereocenters. The molecule has 0 saturated heterocycles. The van der Waals surface area contributed by atoms with Crippen molar-refractivity contribution >= 4 is 23.4 Å². The second kappa shape index (κ2) is 9.52. The van der Waals surface area contributed by atoms with Crippen LogP contribution < -0.4 is 0 Å². The SMILES string of the molecule is CCn1c(C)cc(C(=O)COC(=O)CCC(=O)N2CCC(c3ccccc3)=N2)c1C. The standard InChI is InChI=1S/C23H27N3O4/c1-4-25-16(2)14-19(17(25)3)21(27)15-30-23(29)11-10-22(28)26-13-12-20(24-26)18-8-6-5-7-9-18/h5-9,14H,4,10-13,15H2,1-3H3. The first-order chi connectivity index (χ1) is 14.4.